The van der Waals surface area contributed by atoms with E-state index in [9.17, 15) is 4.79 Å². The van der Waals surface area contributed by atoms with Crippen molar-refractivity contribution >= 4 is 29.0 Å². The summed E-state index contributed by atoms with van der Waals surface area (Å²) < 4.78 is 9.96. The number of benzene rings is 1. The molecule has 162 valence electrons. The molecule has 0 unspecified atom stereocenters. The van der Waals surface area contributed by atoms with E-state index in [-0.39, 0.29) is 23.8 Å². The Morgan fingerprint density at radius 3 is 2.77 bits per heavy atom. The van der Waals surface area contributed by atoms with Crippen molar-refractivity contribution in [1.29, 1.82) is 0 Å². The molecule has 0 bridgehead atoms. The summed E-state index contributed by atoms with van der Waals surface area (Å²) in [6.07, 6.45) is 3.25. The number of aromatic nitrogens is 2. The molecule has 2 fully saturated rings. The highest BCUT2D eigenvalue weighted by Gasteiger charge is 2.37. The van der Waals surface area contributed by atoms with Crippen LogP contribution in [-0.2, 0) is 9.53 Å². The average molecular weight is 449 g/mol. The van der Waals surface area contributed by atoms with Gasteiger partial charge in [0, 0.05) is 55.0 Å². The summed E-state index contributed by atoms with van der Waals surface area (Å²) in [6, 6.07) is 8.05. The summed E-state index contributed by atoms with van der Waals surface area (Å²) >= 11 is 7.47. The number of carbonyl (C=O) groups is 1. The molecule has 0 saturated carbocycles. The highest BCUT2D eigenvalue weighted by atomic mass is 35.5. The van der Waals surface area contributed by atoms with Gasteiger partial charge in [0.2, 0.25) is 5.91 Å². The molecule has 0 N–H and O–H groups in total. The second-order valence-corrected chi connectivity index (χ2v) is 9.31. The Labute approximate surface area is 187 Å². The minimum absolute atomic E-state index is 0.178. The van der Waals surface area contributed by atoms with Gasteiger partial charge in [0.1, 0.15) is 0 Å². The number of hydrogen-bond acceptors (Lipinski definition) is 6. The number of halogens is 1. The first kappa shape index (κ1) is 21.7. The zero-order valence-electron chi connectivity index (χ0n) is 17.4. The van der Waals surface area contributed by atoms with E-state index in [1.807, 2.05) is 22.4 Å². The predicted octanol–water partition coefficient (Wildman–Crippen LogP) is 3.79. The standard InChI is InChI=1S/C22H29ClN4O2S/c1-2-10-29-18-4-3-9-27(11-18)22(28)14-26-12-19(16-5-7-17(23)8-6-16)20(13-26)21-15-30-25-24-21/h5-8,15,18-20H,2-4,9-14H2,1H3/t18-,19-,20+/m0/s1. The van der Waals surface area contributed by atoms with Gasteiger partial charge in [0.25, 0.3) is 0 Å². The average Bonchev–Trinajstić information content (AvgIpc) is 3.43. The Hall–Kier alpha value is -1.54. The molecule has 2 aliphatic rings. The number of carbonyl (C=O) groups excluding carboxylic acids is 1. The molecule has 2 aromatic rings. The maximum absolute atomic E-state index is 13.0. The molecule has 1 amide bonds. The van der Waals surface area contributed by atoms with Gasteiger partial charge in [-0.1, -0.05) is 35.1 Å². The maximum atomic E-state index is 13.0. The van der Waals surface area contributed by atoms with E-state index in [0.29, 0.717) is 13.1 Å². The van der Waals surface area contributed by atoms with Crippen LogP contribution in [0, 0.1) is 0 Å². The number of ether oxygens (including phenoxy) is 1. The van der Waals surface area contributed by atoms with Gasteiger partial charge in [-0.2, -0.15) is 0 Å². The molecule has 1 aromatic carbocycles. The van der Waals surface area contributed by atoms with Gasteiger partial charge in [0.15, 0.2) is 0 Å². The summed E-state index contributed by atoms with van der Waals surface area (Å²) in [6.45, 7) is 6.52. The van der Waals surface area contributed by atoms with Gasteiger partial charge in [-0.05, 0) is 48.5 Å². The lowest BCUT2D eigenvalue weighted by Crippen LogP contribution is -2.47. The molecular formula is C22H29ClN4O2S. The summed E-state index contributed by atoms with van der Waals surface area (Å²) in [5.74, 6) is 0.715. The van der Waals surface area contributed by atoms with E-state index in [4.69, 9.17) is 16.3 Å². The normalized spacial score (nSPS) is 25.0. The fourth-order valence-electron chi connectivity index (χ4n) is 4.57. The summed E-state index contributed by atoms with van der Waals surface area (Å²) in [4.78, 5) is 17.3. The van der Waals surface area contributed by atoms with Crippen LogP contribution in [0.3, 0.4) is 0 Å². The largest absolute Gasteiger partial charge is 0.376 e. The predicted molar refractivity (Wildman–Crippen MR) is 119 cm³/mol. The number of piperidine rings is 1. The lowest BCUT2D eigenvalue weighted by molar-refractivity contribution is -0.136. The van der Waals surface area contributed by atoms with Gasteiger partial charge in [-0.3, -0.25) is 9.69 Å². The molecule has 30 heavy (non-hydrogen) atoms. The molecular weight excluding hydrogens is 420 g/mol. The van der Waals surface area contributed by atoms with Crippen LogP contribution in [0.25, 0.3) is 0 Å². The Bertz CT molecular complexity index is 817. The van der Waals surface area contributed by atoms with Crippen molar-refractivity contribution in [2.75, 3.05) is 39.3 Å². The molecule has 6 nitrogen and oxygen atoms in total. The van der Waals surface area contributed by atoms with E-state index >= 15 is 0 Å². The Morgan fingerprint density at radius 2 is 2.03 bits per heavy atom. The number of rotatable bonds is 7. The molecule has 1 aromatic heterocycles. The first-order valence-corrected chi connectivity index (χ1v) is 12.0. The van der Waals surface area contributed by atoms with Crippen LogP contribution in [0.2, 0.25) is 5.02 Å². The molecule has 0 spiro atoms. The molecule has 3 atom stereocenters. The quantitative estimate of drug-likeness (QED) is 0.644. The molecule has 0 aliphatic carbocycles. The highest BCUT2D eigenvalue weighted by molar-refractivity contribution is 7.03. The van der Waals surface area contributed by atoms with Gasteiger partial charge < -0.3 is 9.64 Å². The highest BCUT2D eigenvalue weighted by Crippen LogP contribution is 2.39. The molecule has 8 heteroatoms. The summed E-state index contributed by atoms with van der Waals surface area (Å²) in [5.41, 5.74) is 2.25. The molecule has 3 heterocycles. The topological polar surface area (TPSA) is 58.6 Å². The molecule has 4 rings (SSSR count). The zero-order chi connectivity index (χ0) is 20.9. The summed E-state index contributed by atoms with van der Waals surface area (Å²) in [7, 11) is 0. The molecule has 0 radical (unpaired) electrons. The van der Waals surface area contributed by atoms with Crippen LogP contribution >= 0.6 is 23.1 Å². The maximum Gasteiger partial charge on any atom is 0.236 e. The third kappa shape index (κ3) is 5.19. The fraction of sp³-hybridized carbons (Fsp3) is 0.591. The Balaban J connectivity index is 1.42. The molecule has 2 aliphatic heterocycles. The lowest BCUT2D eigenvalue weighted by atomic mass is 9.87. The van der Waals surface area contributed by atoms with Crippen molar-refractivity contribution in [1.82, 2.24) is 19.4 Å². The van der Waals surface area contributed by atoms with Crippen molar-refractivity contribution < 1.29 is 9.53 Å². The van der Waals surface area contributed by atoms with Crippen molar-refractivity contribution in [3.05, 3.63) is 45.9 Å². The third-order valence-corrected chi connectivity index (χ3v) is 6.87. The van der Waals surface area contributed by atoms with Crippen LogP contribution in [-0.4, -0.2) is 70.7 Å². The summed E-state index contributed by atoms with van der Waals surface area (Å²) in [5, 5.41) is 7.10. The second kappa shape index (κ2) is 10.2. The minimum atomic E-state index is 0.178. The van der Waals surface area contributed by atoms with E-state index in [1.54, 1.807) is 0 Å². The smallest absolute Gasteiger partial charge is 0.236 e. The van der Waals surface area contributed by atoms with Crippen LogP contribution in [0.5, 0.6) is 0 Å². The van der Waals surface area contributed by atoms with Crippen molar-refractivity contribution in [3.63, 3.8) is 0 Å². The Morgan fingerprint density at radius 1 is 1.23 bits per heavy atom. The van der Waals surface area contributed by atoms with Crippen molar-refractivity contribution in [2.45, 2.75) is 44.1 Å². The zero-order valence-corrected chi connectivity index (χ0v) is 18.9. The Kier molecular flexibility index (Phi) is 7.36. The number of likely N-dealkylation sites (tertiary alicyclic amines) is 2. The first-order chi connectivity index (χ1) is 14.6. The number of hydrogen-bond donors (Lipinski definition) is 0. The van der Waals surface area contributed by atoms with Gasteiger partial charge in [-0.25, -0.2) is 0 Å². The van der Waals surface area contributed by atoms with Crippen LogP contribution in [0.15, 0.2) is 29.6 Å². The lowest BCUT2D eigenvalue weighted by Gasteiger charge is -2.33. The van der Waals surface area contributed by atoms with Crippen LogP contribution < -0.4 is 0 Å². The van der Waals surface area contributed by atoms with E-state index in [0.717, 1.165) is 56.2 Å². The van der Waals surface area contributed by atoms with Gasteiger partial charge >= 0.3 is 0 Å². The minimum Gasteiger partial charge on any atom is -0.376 e. The SMILES string of the molecule is CCCO[C@H]1CCCN(C(=O)CN2C[C@@H](c3ccc(Cl)cc3)[C@H](c3csnn3)C2)C1. The third-order valence-electron chi connectivity index (χ3n) is 6.10. The monoisotopic (exact) mass is 448 g/mol. The van der Waals surface area contributed by atoms with E-state index in [2.05, 4.69) is 33.5 Å². The van der Waals surface area contributed by atoms with Gasteiger partial charge in [-0.15, -0.1) is 5.10 Å². The van der Waals surface area contributed by atoms with E-state index < -0.39 is 0 Å². The number of nitrogens with zero attached hydrogens (tertiary/aromatic N) is 4. The van der Waals surface area contributed by atoms with Crippen molar-refractivity contribution in [2.24, 2.45) is 0 Å². The molecule has 2 saturated heterocycles. The van der Waals surface area contributed by atoms with Crippen molar-refractivity contribution in [3.8, 4) is 0 Å². The second-order valence-electron chi connectivity index (χ2n) is 8.26. The van der Waals surface area contributed by atoms with Crippen LogP contribution in [0.1, 0.15) is 49.3 Å². The van der Waals surface area contributed by atoms with Gasteiger partial charge in [0.05, 0.1) is 18.3 Å². The fourth-order valence-corrected chi connectivity index (χ4v) is 5.22. The number of amides is 1. The van der Waals surface area contributed by atoms with Crippen LogP contribution in [0.4, 0.5) is 0 Å². The van der Waals surface area contributed by atoms with E-state index in [1.165, 1.54) is 17.1 Å². The first-order valence-electron chi connectivity index (χ1n) is 10.8.